The summed E-state index contributed by atoms with van der Waals surface area (Å²) < 4.78 is 11.5. The number of hydrogen-bond acceptors (Lipinski definition) is 6. The Hall–Kier alpha value is -3.01. The molecular weight excluding hydrogens is 390 g/mol. The lowest BCUT2D eigenvalue weighted by Crippen LogP contribution is -2.53. The van der Waals surface area contributed by atoms with E-state index in [2.05, 4.69) is 11.1 Å². The van der Waals surface area contributed by atoms with Gasteiger partial charge in [-0.05, 0) is 56.3 Å². The minimum Gasteiger partial charge on any atom is -0.485 e. The van der Waals surface area contributed by atoms with Crippen LogP contribution in [0.3, 0.4) is 0 Å². The molecular formula is C22H20ClN3O3. The van der Waals surface area contributed by atoms with E-state index in [0.717, 1.165) is 11.3 Å². The second-order valence-electron chi connectivity index (χ2n) is 7.49. The molecule has 7 heteroatoms. The van der Waals surface area contributed by atoms with E-state index in [0.29, 0.717) is 28.8 Å². The van der Waals surface area contributed by atoms with Crippen molar-refractivity contribution in [1.82, 2.24) is 4.98 Å². The predicted octanol–water partition coefficient (Wildman–Crippen LogP) is 4.48. The molecule has 148 valence electrons. The van der Waals surface area contributed by atoms with Crippen molar-refractivity contribution in [2.45, 2.75) is 38.1 Å². The summed E-state index contributed by atoms with van der Waals surface area (Å²) in [5.41, 5.74) is 1.23. The Kier molecular flexibility index (Phi) is 4.95. The van der Waals surface area contributed by atoms with Gasteiger partial charge in [-0.25, -0.2) is 4.98 Å². The van der Waals surface area contributed by atoms with Crippen LogP contribution in [0.5, 0.6) is 5.75 Å². The van der Waals surface area contributed by atoms with E-state index in [4.69, 9.17) is 20.8 Å². The number of aliphatic hydroxyl groups excluding tert-OH is 1. The lowest BCUT2D eigenvalue weighted by molar-refractivity contribution is -0.0592. The molecule has 0 saturated carbocycles. The molecule has 0 unspecified atom stereocenters. The Morgan fingerprint density at radius 3 is 2.66 bits per heavy atom. The number of rotatable bonds is 4. The minimum atomic E-state index is -0.880. The number of halogens is 1. The van der Waals surface area contributed by atoms with Crippen LogP contribution in [0.4, 0.5) is 5.69 Å². The Morgan fingerprint density at radius 1 is 1.24 bits per heavy atom. The fourth-order valence-electron chi connectivity index (χ4n) is 3.63. The largest absolute Gasteiger partial charge is 0.485 e. The lowest BCUT2D eigenvalue weighted by atomic mass is 9.84. The summed E-state index contributed by atoms with van der Waals surface area (Å²) >= 11 is 6.08. The summed E-state index contributed by atoms with van der Waals surface area (Å²) in [6.07, 6.45) is 2.22. The van der Waals surface area contributed by atoms with Crippen LogP contribution < -0.4 is 9.64 Å². The zero-order valence-electron chi connectivity index (χ0n) is 16.0. The highest BCUT2D eigenvalue weighted by Crippen LogP contribution is 2.45. The number of oxazole rings is 1. The molecule has 29 heavy (non-hydrogen) atoms. The molecule has 3 aromatic rings. The summed E-state index contributed by atoms with van der Waals surface area (Å²) in [5, 5.41) is 21.3. The van der Waals surface area contributed by atoms with Crippen LogP contribution in [0.25, 0.3) is 0 Å². The monoisotopic (exact) mass is 409 g/mol. The molecule has 0 saturated heterocycles. The highest BCUT2D eigenvalue weighted by molar-refractivity contribution is 6.30. The molecule has 2 heterocycles. The standard InChI is InChI=1S/C22H20ClN3O3/c1-22(2)21(27)20(17-11-14(12-24)3-8-18(17)29-22)26(13-19-25-9-10-28-19)16-6-4-15(23)5-7-16/h3-11,20-21,27H,13H2,1-2H3/t20-,21+/m0/s1. The van der Waals surface area contributed by atoms with Crippen molar-refractivity contribution in [3.63, 3.8) is 0 Å². The van der Waals surface area contributed by atoms with E-state index in [9.17, 15) is 10.4 Å². The van der Waals surface area contributed by atoms with Crippen LogP contribution in [-0.4, -0.2) is 21.8 Å². The van der Waals surface area contributed by atoms with E-state index in [1.807, 2.05) is 30.9 Å². The highest BCUT2D eigenvalue weighted by atomic mass is 35.5. The molecule has 1 aliphatic heterocycles. The van der Waals surface area contributed by atoms with Gasteiger partial charge in [0.05, 0.1) is 30.4 Å². The second-order valence-corrected chi connectivity index (χ2v) is 7.93. The van der Waals surface area contributed by atoms with E-state index in [1.54, 1.807) is 36.5 Å². The quantitative estimate of drug-likeness (QED) is 0.684. The lowest BCUT2D eigenvalue weighted by Gasteiger charge is -2.46. The number of nitrogens with zero attached hydrogens (tertiary/aromatic N) is 3. The fourth-order valence-corrected chi connectivity index (χ4v) is 3.76. The maximum atomic E-state index is 11.3. The van der Waals surface area contributed by atoms with Gasteiger partial charge in [0.15, 0.2) is 0 Å². The predicted molar refractivity (Wildman–Crippen MR) is 109 cm³/mol. The van der Waals surface area contributed by atoms with Crippen LogP contribution >= 0.6 is 11.6 Å². The van der Waals surface area contributed by atoms with Crippen LogP contribution in [-0.2, 0) is 6.54 Å². The van der Waals surface area contributed by atoms with Gasteiger partial charge in [-0.1, -0.05) is 11.6 Å². The Balaban J connectivity index is 1.88. The van der Waals surface area contributed by atoms with E-state index in [1.165, 1.54) is 6.26 Å². The van der Waals surface area contributed by atoms with Gasteiger partial charge in [-0.3, -0.25) is 0 Å². The molecule has 0 aliphatic carbocycles. The zero-order chi connectivity index (χ0) is 20.6. The Labute approximate surface area is 173 Å². The van der Waals surface area contributed by atoms with Crippen LogP contribution in [0.1, 0.15) is 36.9 Å². The fraction of sp³-hybridized carbons (Fsp3) is 0.273. The van der Waals surface area contributed by atoms with E-state index >= 15 is 0 Å². The van der Waals surface area contributed by atoms with Crippen molar-refractivity contribution >= 4 is 17.3 Å². The van der Waals surface area contributed by atoms with E-state index < -0.39 is 17.7 Å². The van der Waals surface area contributed by atoms with Gasteiger partial charge >= 0.3 is 0 Å². The number of benzene rings is 2. The molecule has 0 amide bonds. The number of hydrogen-bond donors (Lipinski definition) is 1. The molecule has 4 rings (SSSR count). The first-order valence-corrected chi connectivity index (χ1v) is 9.58. The highest BCUT2D eigenvalue weighted by Gasteiger charge is 2.46. The summed E-state index contributed by atoms with van der Waals surface area (Å²) in [6.45, 7) is 4.01. The van der Waals surface area contributed by atoms with Crippen LogP contribution in [0, 0.1) is 11.3 Å². The maximum Gasteiger partial charge on any atom is 0.213 e. The summed E-state index contributed by atoms with van der Waals surface area (Å²) in [5.74, 6) is 1.14. The minimum absolute atomic E-state index is 0.322. The molecule has 0 bridgehead atoms. The molecule has 1 N–H and O–H groups in total. The first kappa shape index (κ1) is 19.3. The Morgan fingerprint density at radius 2 is 2.00 bits per heavy atom. The van der Waals surface area contributed by atoms with Gasteiger partial charge < -0.3 is 19.2 Å². The third-order valence-electron chi connectivity index (χ3n) is 5.13. The van der Waals surface area contributed by atoms with Gasteiger partial charge in [0.25, 0.3) is 0 Å². The summed E-state index contributed by atoms with van der Waals surface area (Å²) in [7, 11) is 0. The summed E-state index contributed by atoms with van der Waals surface area (Å²) in [4.78, 5) is 6.24. The smallest absolute Gasteiger partial charge is 0.213 e. The normalized spacial score (nSPS) is 19.7. The van der Waals surface area contributed by atoms with Crippen molar-refractivity contribution in [3.8, 4) is 11.8 Å². The molecule has 2 aromatic carbocycles. The molecule has 2 atom stereocenters. The summed E-state index contributed by atoms with van der Waals surface area (Å²) in [6, 6.07) is 14.3. The molecule has 0 radical (unpaired) electrons. The van der Waals surface area contributed by atoms with Crippen LogP contribution in [0.2, 0.25) is 5.02 Å². The van der Waals surface area contributed by atoms with Gasteiger partial charge in [0, 0.05) is 16.3 Å². The number of aliphatic hydroxyl groups is 1. The van der Waals surface area contributed by atoms with Gasteiger partial charge in [-0.2, -0.15) is 5.26 Å². The first-order valence-electron chi connectivity index (χ1n) is 9.21. The van der Waals surface area contributed by atoms with Crippen LogP contribution in [0.15, 0.2) is 59.3 Å². The first-order chi connectivity index (χ1) is 13.9. The number of ether oxygens (including phenoxy) is 1. The topological polar surface area (TPSA) is 82.5 Å². The van der Waals surface area contributed by atoms with Gasteiger partial charge in [-0.15, -0.1) is 0 Å². The van der Waals surface area contributed by atoms with E-state index in [-0.39, 0.29) is 0 Å². The number of nitriles is 1. The third kappa shape index (κ3) is 3.67. The molecule has 0 spiro atoms. The second kappa shape index (κ2) is 7.43. The number of fused-ring (bicyclic) bond motifs is 1. The average molecular weight is 410 g/mol. The molecule has 1 aliphatic rings. The van der Waals surface area contributed by atoms with Crippen molar-refractivity contribution in [2.75, 3.05) is 4.90 Å². The SMILES string of the molecule is CC1(C)Oc2ccc(C#N)cc2[C@H](N(Cc2ncco2)c2ccc(Cl)cc2)[C@H]1O. The number of aromatic nitrogens is 1. The zero-order valence-corrected chi connectivity index (χ0v) is 16.8. The van der Waals surface area contributed by atoms with Crippen molar-refractivity contribution in [2.24, 2.45) is 0 Å². The Bertz CT molecular complexity index is 1040. The third-order valence-corrected chi connectivity index (χ3v) is 5.38. The molecule has 1 aromatic heterocycles. The average Bonchev–Trinajstić information content (AvgIpc) is 3.21. The van der Waals surface area contributed by atoms with Gasteiger partial charge in [0.2, 0.25) is 5.89 Å². The van der Waals surface area contributed by atoms with Crippen molar-refractivity contribution in [1.29, 1.82) is 5.26 Å². The van der Waals surface area contributed by atoms with Gasteiger partial charge in [0.1, 0.15) is 23.7 Å². The van der Waals surface area contributed by atoms with Crippen molar-refractivity contribution < 1.29 is 14.3 Å². The van der Waals surface area contributed by atoms with Crippen molar-refractivity contribution in [3.05, 3.63) is 77.0 Å². The molecule has 0 fully saturated rings. The maximum absolute atomic E-state index is 11.3. The number of anilines is 1. The molecule has 6 nitrogen and oxygen atoms in total.